The number of tetrazole rings is 1. The van der Waals surface area contributed by atoms with Crippen LogP contribution in [0.15, 0.2) is 41.8 Å². The zero-order valence-corrected chi connectivity index (χ0v) is 12.3. The summed E-state index contributed by atoms with van der Waals surface area (Å²) in [5.74, 6) is -0.501. The molecule has 2 heterocycles. The number of nitrogens with zero attached hydrogens (tertiary/aromatic N) is 4. The predicted octanol–water partition coefficient (Wildman–Crippen LogP) is 1.86. The maximum Gasteiger partial charge on any atom is 0.243 e. The first-order valence-electron chi connectivity index (χ1n) is 6.54. The van der Waals surface area contributed by atoms with E-state index in [1.54, 1.807) is 29.5 Å². The van der Waals surface area contributed by atoms with Crippen molar-refractivity contribution in [2.24, 2.45) is 0 Å². The maximum absolute atomic E-state index is 13.6. The fraction of sp³-hybridized carbons (Fsp3) is 0.143. The van der Waals surface area contributed by atoms with Crippen LogP contribution in [0.3, 0.4) is 0 Å². The van der Waals surface area contributed by atoms with E-state index in [9.17, 15) is 9.18 Å². The summed E-state index contributed by atoms with van der Waals surface area (Å²) in [7, 11) is 0. The summed E-state index contributed by atoms with van der Waals surface area (Å²) in [6.45, 7) is 0.401. The molecular formula is C14H12FN5OS. The molecule has 0 radical (unpaired) electrons. The predicted molar refractivity (Wildman–Crippen MR) is 79.4 cm³/mol. The van der Waals surface area contributed by atoms with Crippen LogP contribution in [0.4, 0.5) is 4.39 Å². The quantitative estimate of drug-likeness (QED) is 0.779. The second-order valence-electron chi connectivity index (χ2n) is 4.48. The van der Waals surface area contributed by atoms with Crippen molar-refractivity contribution in [2.75, 3.05) is 0 Å². The van der Waals surface area contributed by atoms with E-state index >= 15 is 0 Å². The van der Waals surface area contributed by atoms with Gasteiger partial charge in [-0.15, -0.1) is 21.5 Å². The van der Waals surface area contributed by atoms with Crippen molar-refractivity contribution < 1.29 is 9.18 Å². The summed E-state index contributed by atoms with van der Waals surface area (Å²) in [6, 6.07) is 10.0. The van der Waals surface area contributed by atoms with E-state index in [1.807, 2.05) is 17.5 Å². The second-order valence-corrected chi connectivity index (χ2v) is 5.51. The number of hydrogen-bond donors (Lipinski definition) is 1. The van der Waals surface area contributed by atoms with Crippen LogP contribution in [0.2, 0.25) is 0 Å². The summed E-state index contributed by atoms with van der Waals surface area (Å²) < 4.78 is 13.6. The lowest BCUT2D eigenvalue weighted by Crippen LogP contribution is -2.27. The van der Waals surface area contributed by atoms with Gasteiger partial charge in [0, 0.05) is 4.88 Å². The van der Waals surface area contributed by atoms with Gasteiger partial charge in [0.05, 0.1) is 12.1 Å². The van der Waals surface area contributed by atoms with Gasteiger partial charge in [0.15, 0.2) is 0 Å². The Kier molecular flexibility index (Phi) is 4.19. The molecule has 22 heavy (non-hydrogen) atoms. The second kappa shape index (κ2) is 6.44. The minimum atomic E-state index is -0.427. The molecular weight excluding hydrogens is 305 g/mol. The topological polar surface area (TPSA) is 72.7 Å². The van der Waals surface area contributed by atoms with Crippen molar-refractivity contribution in [3.05, 3.63) is 52.5 Å². The zero-order valence-electron chi connectivity index (χ0n) is 11.4. The average Bonchev–Trinajstić information content (AvgIpc) is 3.17. The Morgan fingerprint density at radius 1 is 1.27 bits per heavy atom. The number of rotatable bonds is 5. The van der Waals surface area contributed by atoms with Gasteiger partial charge in [0.25, 0.3) is 0 Å². The van der Waals surface area contributed by atoms with Crippen molar-refractivity contribution in [3.8, 4) is 11.4 Å². The lowest BCUT2D eigenvalue weighted by molar-refractivity contribution is -0.122. The molecule has 0 bridgehead atoms. The molecule has 1 aromatic carbocycles. The molecule has 0 aliphatic heterocycles. The van der Waals surface area contributed by atoms with E-state index in [2.05, 4.69) is 20.7 Å². The molecule has 0 saturated carbocycles. The number of amides is 1. The lowest BCUT2D eigenvalue weighted by Gasteiger charge is -2.02. The summed E-state index contributed by atoms with van der Waals surface area (Å²) in [5.41, 5.74) is 0.257. The highest BCUT2D eigenvalue weighted by atomic mass is 32.1. The highest BCUT2D eigenvalue weighted by molar-refractivity contribution is 7.09. The van der Waals surface area contributed by atoms with Gasteiger partial charge < -0.3 is 5.32 Å². The number of nitrogens with one attached hydrogen (secondary N) is 1. The van der Waals surface area contributed by atoms with Gasteiger partial charge in [-0.05, 0) is 28.8 Å². The highest BCUT2D eigenvalue weighted by Crippen LogP contribution is 2.17. The van der Waals surface area contributed by atoms with E-state index in [1.165, 1.54) is 6.07 Å². The van der Waals surface area contributed by atoms with Gasteiger partial charge in [-0.3, -0.25) is 4.79 Å². The third-order valence-corrected chi connectivity index (χ3v) is 3.77. The van der Waals surface area contributed by atoms with Gasteiger partial charge in [-0.25, -0.2) is 4.39 Å². The Hall–Kier alpha value is -2.61. The van der Waals surface area contributed by atoms with Crippen LogP contribution >= 0.6 is 11.3 Å². The fourth-order valence-electron chi connectivity index (χ4n) is 1.84. The van der Waals surface area contributed by atoms with Crippen molar-refractivity contribution in [3.63, 3.8) is 0 Å². The first-order valence-corrected chi connectivity index (χ1v) is 7.42. The molecule has 0 saturated heterocycles. The summed E-state index contributed by atoms with van der Waals surface area (Å²) >= 11 is 1.57. The third-order valence-electron chi connectivity index (χ3n) is 2.89. The van der Waals surface area contributed by atoms with Crippen molar-refractivity contribution in [1.29, 1.82) is 0 Å². The Labute approximate surface area is 129 Å². The fourth-order valence-corrected chi connectivity index (χ4v) is 2.49. The van der Waals surface area contributed by atoms with Gasteiger partial charge in [0.1, 0.15) is 12.4 Å². The summed E-state index contributed by atoms with van der Waals surface area (Å²) in [5, 5.41) is 16.3. The zero-order chi connectivity index (χ0) is 15.4. The monoisotopic (exact) mass is 317 g/mol. The Morgan fingerprint density at radius 3 is 2.91 bits per heavy atom. The molecule has 8 heteroatoms. The van der Waals surface area contributed by atoms with Crippen LogP contribution in [0.25, 0.3) is 11.4 Å². The Balaban J connectivity index is 1.62. The van der Waals surface area contributed by atoms with Crippen LogP contribution in [0.5, 0.6) is 0 Å². The Bertz CT molecular complexity index is 771. The van der Waals surface area contributed by atoms with Gasteiger partial charge >= 0.3 is 0 Å². The van der Waals surface area contributed by atoms with Crippen LogP contribution < -0.4 is 5.32 Å². The number of carbonyl (C=O) groups excluding carboxylic acids is 1. The molecule has 0 fully saturated rings. The minimum absolute atomic E-state index is 0.0627. The Morgan fingerprint density at radius 2 is 2.14 bits per heavy atom. The third kappa shape index (κ3) is 3.34. The molecule has 0 atom stereocenters. The number of benzene rings is 1. The van der Waals surface area contributed by atoms with E-state index < -0.39 is 5.82 Å². The van der Waals surface area contributed by atoms with Crippen molar-refractivity contribution in [1.82, 2.24) is 25.5 Å². The highest BCUT2D eigenvalue weighted by Gasteiger charge is 2.12. The van der Waals surface area contributed by atoms with Crippen LogP contribution in [0, 0.1) is 5.82 Å². The average molecular weight is 317 g/mol. The van der Waals surface area contributed by atoms with E-state index in [-0.39, 0.29) is 23.8 Å². The molecule has 0 aliphatic carbocycles. The van der Waals surface area contributed by atoms with Crippen LogP contribution in [-0.4, -0.2) is 26.1 Å². The van der Waals surface area contributed by atoms with Gasteiger partial charge in [-0.2, -0.15) is 4.80 Å². The number of halogens is 1. The van der Waals surface area contributed by atoms with Crippen LogP contribution in [0.1, 0.15) is 4.88 Å². The standard InChI is InChI=1S/C14H12FN5OS/c15-12-6-2-1-5-11(12)14-17-19-20(18-14)9-13(21)16-8-10-4-3-7-22-10/h1-7H,8-9H2,(H,16,21). The number of hydrogen-bond acceptors (Lipinski definition) is 5. The van der Waals surface area contributed by atoms with E-state index in [0.717, 1.165) is 9.67 Å². The molecule has 6 nitrogen and oxygen atoms in total. The number of thiophene rings is 1. The molecule has 2 aromatic heterocycles. The largest absolute Gasteiger partial charge is 0.350 e. The molecule has 3 rings (SSSR count). The van der Waals surface area contributed by atoms with Gasteiger partial charge in [0.2, 0.25) is 11.7 Å². The molecule has 1 N–H and O–H groups in total. The SMILES string of the molecule is O=C(Cn1nnc(-c2ccccc2F)n1)NCc1cccs1. The van der Waals surface area contributed by atoms with Gasteiger partial charge in [-0.1, -0.05) is 18.2 Å². The van der Waals surface area contributed by atoms with E-state index in [4.69, 9.17) is 0 Å². The molecule has 0 unspecified atom stereocenters. The normalized spacial score (nSPS) is 10.6. The molecule has 1 amide bonds. The first kappa shape index (κ1) is 14.3. The van der Waals surface area contributed by atoms with E-state index in [0.29, 0.717) is 6.54 Å². The summed E-state index contributed by atoms with van der Waals surface area (Å²) in [6.07, 6.45) is 0. The minimum Gasteiger partial charge on any atom is -0.350 e. The molecule has 112 valence electrons. The van der Waals surface area contributed by atoms with Crippen LogP contribution in [-0.2, 0) is 17.9 Å². The smallest absolute Gasteiger partial charge is 0.243 e. The van der Waals surface area contributed by atoms with Crippen molar-refractivity contribution >= 4 is 17.2 Å². The lowest BCUT2D eigenvalue weighted by atomic mass is 10.2. The summed E-state index contributed by atoms with van der Waals surface area (Å²) in [4.78, 5) is 14.0. The first-order chi connectivity index (χ1) is 10.7. The number of aromatic nitrogens is 4. The number of carbonyl (C=O) groups is 1. The van der Waals surface area contributed by atoms with Crippen molar-refractivity contribution in [2.45, 2.75) is 13.1 Å². The molecule has 0 spiro atoms. The molecule has 0 aliphatic rings. The molecule has 3 aromatic rings. The maximum atomic E-state index is 13.6.